The molecule has 1 spiro atoms. The molecule has 152 valence electrons. The van der Waals surface area contributed by atoms with Crippen LogP contribution in [0.5, 0.6) is 0 Å². The van der Waals surface area contributed by atoms with Gasteiger partial charge in [-0.2, -0.15) is 4.31 Å². The first-order valence-electron chi connectivity index (χ1n) is 9.84. The predicted molar refractivity (Wildman–Crippen MR) is 103 cm³/mol. The van der Waals surface area contributed by atoms with E-state index in [0.717, 1.165) is 19.3 Å². The molecular weight excluding hydrogens is 380 g/mol. The standard InChI is InChI=1S/C19H26N4O4S/c24-17-19(9-5-2-6-10-19)20-18(25)23(17)15-21-11-13-22(14-12-21)28(26,27)16-7-3-1-4-8-16/h1,3-4,7-8H,2,5-6,9-15H2,(H,20,25). The maximum absolute atomic E-state index is 12.9. The highest BCUT2D eigenvalue weighted by molar-refractivity contribution is 7.89. The van der Waals surface area contributed by atoms with Gasteiger partial charge in [-0.1, -0.05) is 37.5 Å². The van der Waals surface area contributed by atoms with Crippen LogP contribution in [0.15, 0.2) is 35.2 Å². The van der Waals surface area contributed by atoms with Crippen LogP contribution in [0.1, 0.15) is 32.1 Å². The van der Waals surface area contributed by atoms with Crippen LogP contribution < -0.4 is 5.32 Å². The Bertz CT molecular complexity index is 844. The molecule has 3 aliphatic rings. The number of nitrogens with one attached hydrogen (secondary N) is 1. The van der Waals surface area contributed by atoms with Gasteiger partial charge in [0.1, 0.15) is 5.54 Å². The van der Waals surface area contributed by atoms with Crippen molar-refractivity contribution in [3.8, 4) is 0 Å². The smallest absolute Gasteiger partial charge is 0.323 e. The Hall–Kier alpha value is -1.97. The highest BCUT2D eigenvalue weighted by atomic mass is 32.2. The van der Waals surface area contributed by atoms with Gasteiger partial charge in [-0.05, 0) is 25.0 Å². The lowest BCUT2D eigenvalue weighted by Gasteiger charge is -2.35. The summed E-state index contributed by atoms with van der Waals surface area (Å²) in [6.07, 6.45) is 4.42. The van der Waals surface area contributed by atoms with Crippen LogP contribution in [-0.2, 0) is 14.8 Å². The Morgan fingerprint density at radius 3 is 2.21 bits per heavy atom. The van der Waals surface area contributed by atoms with Crippen molar-refractivity contribution in [3.05, 3.63) is 30.3 Å². The molecule has 1 aromatic rings. The molecule has 28 heavy (non-hydrogen) atoms. The van der Waals surface area contributed by atoms with Crippen molar-refractivity contribution in [2.75, 3.05) is 32.8 Å². The first kappa shape index (κ1) is 19.4. The van der Waals surface area contributed by atoms with Gasteiger partial charge in [0.05, 0.1) is 11.6 Å². The zero-order valence-electron chi connectivity index (χ0n) is 15.8. The third-order valence-electron chi connectivity index (χ3n) is 6.01. The molecule has 2 heterocycles. The summed E-state index contributed by atoms with van der Waals surface area (Å²) in [5.74, 6) is -0.128. The lowest BCUT2D eigenvalue weighted by molar-refractivity contribution is -0.134. The number of rotatable bonds is 4. The normalized spacial score (nSPS) is 23.9. The molecule has 3 fully saturated rings. The van der Waals surface area contributed by atoms with Gasteiger partial charge in [0, 0.05) is 26.2 Å². The fraction of sp³-hybridized carbons (Fsp3) is 0.579. The molecule has 1 aromatic carbocycles. The molecule has 1 N–H and O–H groups in total. The highest BCUT2D eigenvalue weighted by Gasteiger charge is 2.51. The van der Waals surface area contributed by atoms with Gasteiger partial charge < -0.3 is 5.32 Å². The number of imide groups is 1. The lowest BCUT2D eigenvalue weighted by atomic mass is 9.82. The molecule has 0 unspecified atom stereocenters. The molecule has 3 amide bonds. The first-order chi connectivity index (χ1) is 13.4. The quantitative estimate of drug-likeness (QED) is 0.759. The molecule has 4 rings (SSSR count). The van der Waals surface area contributed by atoms with Crippen LogP contribution in [0.4, 0.5) is 4.79 Å². The van der Waals surface area contributed by atoms with E-state index in [4.69, 9.17) is 0 Å². The van der Waals surface area contributed by atoms with E-state index in [1.54, 1.807) is 30.3 Å². The molecule has 8 nitrogen and oxygen atoms in total. The summed E-state index contributed by atoms with van der Waals surface area (Å²) < 4.78 is 26.9. The predicted octanol–water partition coefficient (Wildman–Crippen LogP) is 1.21. The summed E-state index contributed by atoms with van der Waals surface area (Å²) in [4.78, 5) is 28.8. The van der Waals surface area contributed by atoms with E-state index in [2.05, 4.69) is 5.32 Å². The third kappa shape index (κ3) is 3.42. The molecule has 2 aliphatic heterocycles. The Kier molecular flexibility index (Phi) is 5.15. The van der Waals surface area contributed by atoms with Gasteiger partial charge in [-0.3, -0.25) is 9.69 Å². The Balaban J connectivity index is 1.37. The van der Waals surface area contributed by atoms with Crippen LogP contribution in [0.3, 0.4) is 0 Å². The number of hydrogen-bond acceptors (Lipinski definition) is 5. The minimum Gasteiger partial charge on any atom is -0.323 e. The van der Waals surface area contributed by atoms with E-state index in [1.807, 2.05) is 4.90 Å². The number of sulfonamides is 1. The van der Waals surface area contributed by atoms with Gasteiger partial charge >= 0.3 is 6.03 Å². The zero-order chi connectivity index (χ0) is 19.8. The number of amides is 3. The minimum absolute atomic E-state index is 0.128. The number of carbonyl (C=O) groups is 2. The van der Waals surface area contributed by atoms with Crippen molar-refractivity contribution >= 4 is 22.0 Å². The van der Waals surface area contributed by atoms with Gasteiger partial charge in [-0.15, -0.1) is 0 Å². The van der Waals surface area contributed by atoms with Gasteiger partial charge in [-0.25, -0.2) is 18.1 Å². The minimum atomic E-state index is -3.51. The fourth-order valence-electron chi connectivity index (χ4n) is 4.35. The first-order valence-corrected chi connectivity index (χ1v) is 11.3. The van der Waals surface area contributed by atoms with Crippen LogP contribution in [0.2, 0.25) is 0 Å². The number of carbonyl (C=O) groups excluding carboxylic acids is 2. The Morgan fingerprint density at radius 2 is 1.57 bits per heavy atom. The van der Waals surface area contributed by atoms with E-state index in [0.29, 0.717) is 39.0 Å². The fourth-order valence-corrected chi connectivity index (χ4v) is 5.79. The second-order valence-corrected chi connectivity index (χ2v) is 9.72. The second kappa shape index (κ2) is 7.46. The lowest BCUT2D eigenvalue weighted by Crippen LogP contribution is -2.53. The summed E-state index contributed by atoms with van der Waals surface area (Å²) in [6, 6.07) is 8.07. The molecule has 0 bridgehead atoms. The number of urea groups is 1. The Morgan fingerprint density at radius 1 is 0.929 bits per heavy atom. The molecule has 0 atom stereocenters. The largest absolute Gasteiger partial charge is 0.326 e. The van der Waals surface area contributed by atoms with E-state index >= 15 is 0 Å². The van der Waals surface area contributed by atoms with E-state index in [9.17, 15) is 18.0 Å². The number of benzene rings is 1. The van der Waals surface area contributed by atoms with Crippen molar-refractivity contribution in [3.63, 3.8) is 0 Å². The van der Waals surface area contributed by atoms with Crippen molar-refractivity contribution < 1.29 is 18.0 Å². The molecule has 0 radical (unpaired) electrons. The molecular formula is C19H26N4O4S. The van der Waals surface area contributed by atoms with Crippen molar-refractivity contribution in [1.82, 2.24) is 19.4 Å². The van der Waals surface area contributed by atoms with Crippen LogP contribution in [0.25, 0.3) is 0 Å². The topological polar surface area (TPSA) is 90.0 Å². The highest BCUT2D eigenvalue weighted by Crippen LogP contribution is 2.33. The molecule has 2 saturated heterocycles. The average molecular weight is 407 g/mol. The molecule has 1 saturated carbocycles. The number of piperazine rings is 1. The zero-order valence-corrected chi connectivity index (χ0v) is 16.7. The summed E-state index contributed by atoms with van der Waals surface area (Å²) in [5, 5.41) is 2.92. The molecule has 1 aliphatic carbocycles. The summed E-state index contributed by atoms with van der Waals surface area (Å²) >= 11 is 0. The maximum atomic E-state index is 12.9. The van der Waals surface area contributed by atoms with E-state index in [1.165, 1.54) is 9.21 Å². The van der Waals surface area contributed by atoms with Crippen molar-refractivity contribution in [1.29, 1.82) is 0 Å². The Labute approximate surface area is 165 Å². The second-order valence-electron chi connectivity index (χ2n) is 7.78. The molecule has 0 aromatic heterocycles. The SMILES string of the molecule is O=C1NC2(CCCCC2)C(=O)N1CN1CCN(S(=O)(=O)c2ccccc2)CC1. The summed E-state index contributed by atoms with van der Waals surface area (Å²) in [7, 11) is -3.51. The monoisotopic (exact) mass is 406 g/mol. The number of nitrogens with zero attached hydrogens (tertiary/aromatic N) is 3. The van der Waals surface area contributed by atoms with Crippen molar-refractivity contribution in [2.24, 2.45) is 0 Å². The van der Waals surface area contributed by atoms with Gasteiger partial charge in [0.2, 0.25) is 10.0 Å². The summed E-state index contributed by atoms with van der Waals surface area (Å²) in [5.41, 5.74) is -0.714. The summed E-state index contributed by atoms with van der Waals surface area (Å²) in [6.45, 7) is 1.86. The average Bonchev–Trinajstić information content (AvgIpc) is 2.93. The van der Waals surface area contributed by atoms with Crippen LogP contribution in [-0.4, -0.2) is 72.8 Å². The van der Waals surface area contributed by atoms with E-state index < -0.39 is 15.6 Å². The van der Waals surface area contributed by atoms with Gasteiger partial charge in [0.15, 0.2) is 0 Å². The maximum Gasteiger partial charge on any atom is 0.326 e. The van der Waals surface area contributed by atoms with Crippen LogP contribution >= 0.6 is 0 Å². The number of hydrogen-bond donors (Lipinski definition) is 1. The van der Waals surface area contributed by atoms with Crippen molar-refractivity contribution in [2.45, 2.75) is 42.5 Å². The van der Waals surface area contributed by atoms with E-state index in [-0.39, 0.29) is 23.5 Å². The van der Waals surface area contributed by atoms with Crippen LogP contribution in [0, 0.1) is 0 Å². The molecule has 9 heteroatoms. The third-order valence-corrected chi connectivity index (χ3v) is 7.92. The van der Waals surface area contributed by atoms with Gasteiger partial charge in [0.25, 0.3) is 5.91 Å².